The van der Waals surface area contributed by atoms with Crippen LogP contribution in [0.3, 0.4) is 0 Å². The Balaban J connectivity index is 2.39. The first kappa shape index (κ1) is 14.6. The lowest BCUT2D eigenvalue weighted by atomic mass is 9.96. The third kappa shape index (κ3) is 3.03. The van der Waals surface area contributed by atoms with Crippen molar-refractivity contribution in [1.29, 1.82) is 0 Å². The lowest BCUT2D eigenvalue weighted by molar-refractivity contribution is 0.318. The highest BCUT2D eigenvalue weighted by Crippen LogP contribution is 2.30. The van der Waals surface area contributed by atoms with E-state index in [0.29, 0.717) is 11.6 Å². The zero-order valence-corrected chi connectivity index (χ0v) is 11.8. The van der Waals surface area contributed by atoms with Gasteiger partial charge in [0.05, 0.1) is 0 Å². The van der Waals surface area contributed by atoms with Crippen LogP contribution in [0, 0.1) is 5.82 Å². The molecule has 2 rings (SSSR count). The van der Waals surface area contributed by atoms with Crippen LogP contribution >= 0.6 is 0 Å². The summed E-state index contributed by atoms with van der Waals surface area (Å²) in [7, 11) is 0. The Kier molecular flexibility index (Phi) is 4.82. The van der Waals surface area contributed by atoms with E-state index < -0.39 is 0 Å². The van der Waals surface area contributed by atoms with E-state index in [2.05, 4.69) is 17.0 Å². The van der Waals surface area contributed by atoms with Crippen LogP contribution in [0.4, 0.5) is 10.1 Å². The number of anilines is 1. The molecule has 0 bridgehead atoms. The third-order valence-electron chi connectivity index (χ3n) is 3.90. The van der Waals surface area contributed by atoms with E-state index in [1.807, 2.05) is 0 Å². The molecule has 1 saturated heterocycles. The number of benzene rings is 1. The molecule has 1 fully saturated rings. The van der Waals surface area contributed by atoms with Gasteiger partial charge in [-0.3, -0.25) is 0 Å². The molecule has 0 aromatic heterocycles. The Morgan fingerprint density at radius 2 is 2.30 bits per heavy atom. The normalized spacial score (nSPS) is 20.2. The molecular weight excluding hydrogens is 257 g/mol. The lowest BCUT2D eigenvalue weighted by Gasteiger charge is -2.38. The Bertz CT molecular complexity index is 488. The second kappa shape index (κ2) is 6.59. The maximum Gasteiger partial charge on any atom is 0.172 e. The first-order chi connectivity index (χ1) is 9.67. The van der Waals surface area contributed by atoms with Gasteiger partial charge in [0.25, 0.3) is 0 Å². The fourth-order valence-electron chi connectivity index (χ4n) is 2.97. The van der Waals surface area contributed by atoms with Crippen molar-refractivity contribution in [1.82, 2.24) is 0 Å². The van der Waals surface area contributed by atoms with Gasteiger partial charge in [0.1, 0.15) is 5.82 Å². The molecule has 20 heavy (non-hydrogen) atoms. The Morgan fingerprint density at radius 1 is 1.50 bits per heavy atom. The molecule has 4 nitrogen and oxygen atoms in total. The molecule has 1 unspecified atom stereocenters. The molecule has 0 aliphatic carbocycles. The SMILES string of the molecule is CCCC1CCCCN1c1ccc(F)cc1/C(N)=N/O. The first-order valence-corrected chi connectivity index (χ1v) is 7.21. The fraction of sp³-hybridized carbons (Fsp3) is 0.533. The molecule has 5 heteroatoms. The third-order valence-corrected chi connectivity index (χ3v) is 3.90. The summed E-state index contributed by atoms with van der Waals surface area (Å²) in [5.74, 6) is -0.417. The van der Waals surface area contributed by atoms with Crippen molar-refractivity contribution in [2.24, 2.45) is 10.9 Å². The van der Waals surface area contributed by atoms with Crippen molar-refractivity contribution in [2.45, 2.75) is 45.1 Å². The monoisotopic (exact) mass is 279 g/mol. The number of amidine groups is 1. The molecule has 1 atom stereocenters. The fourth-order valence-corrected chi connectivity index (χ4v) is 2.97. The van der Waals surface area contributed by atoms with Crippen molar-refractivity contribution in [3.63, 3.8) is 0 Å². The van der Waals surface area contributed by atoms with E-state index in [1.54, 1.807) is 6.07 Å². The molecule has 1 aromatic carbocycles. The van der Waals surface area contributed by atoms with Gasteiger partial charge in [0.2, 0.25) is 0 Å². The number of piperidine rings is 1. The largest absolute Gasteiger partial charge is 0.409 e. The summed E-state index contributed by atoms with van der Waals surface area (Å²) in [5.41, 5.74) is 7.03. The van der Waals surface area contributed by atoms with Crippen molar-refractivity contribution >= 4 is 11.5 Å². The number of hydrogen-bond acceptors (Lipinski definition) is 3. The van der Waals surface area contributed by atoms with Gasteiger partial charge in [-0.2, -0.15) is 0 Å². The highest BCUT2D eigenvalue weighted by Gasteiger charge is 2.24. The topological polar surface area (TPSA) is 61.8 Å². The molecule has 0 amide bonds. The van der Waals surface area contributed by atoms with Crippen molar-refractivity contribution in [3.8, 4) is 0 Å². The van der Waals surface area contributed by atoms with Crippen molar-refractivity contribution < 1.29 is 9.60 Å². The average molecular weight is 279 g/mol. The number of rotatable bonds is 4. The second-order valence-corrected chi connectivity index (χ2v) is 5.28. The summed E-state index contributed by atoms with van der Waals surface area (Å²) in [6, 6.07) is 4.95. The standard InChI is InChI=1S/C15H22FN3O/c1-2-5-12-6-3-4-9-19(12)14-8-7-11(16)10-13(14)15(17)18-20/h7-8,10,12,20H,2-6,9H2,1H3,(H2,17,18). The van der Waals surface area contributed by atoms with Crippen LogP contribution in [-0.2, 0) is 0 Å². The van der Waals surface area contributed by atoms with E-state index in [0.717, 1.165) is 37.9 Å². The van der Waals surface area contributed by atoms with Gasteiger partial charge in [-0.05, 0) is 43.9 Å². The number of oxime groups is 1. The summed E-state index contributed by atoms with van der Waals surface area (Å²) in [5, 5.41) is 11.9. The van der Waals surface area contributed by atoms with Gasteiger partial charge in [-0.15, -0.1) is 0 Å². The van der Waals surface area contributed by atoms with Crippen LogP contribution in [-0.4, -0.2) is 23.6 Å². The smallest absolute Gasteiger partial charge is 0.172 e. The zero-order valence-electron chi connectivity index (χ0n) is 11.8. The summed E-state index contributed by atoms with van der Waals surface area (Å²) in [4.78, 5) is 2.28. The van der Waals surface area contributed by atoms with Crippen molar-refractivity contribution in [2.75, 3.05) is 11.4 Å². The summed E-state index contributed by atoms with van der Waals surface area (Å²) in [6.07, 6.45) is 5.70. The van der Waals surface area contributed by atoms with Gasteiger partial charge in [-0.25, -0.2) is 4.39 Å². The highest BCUT2D eigenvalue weighted by atomic mass is 19.1. The van der Waals surface area contributed by atoms with Gasteiger partial charge in [0, 0.05) is 23.8 Å². The van der Waals surface area contributed by atoms with Crippen LogP contribution in [0.15, 0.2) is 23.4 Å². The van der Waals surface area contributed by atoms with Crippen LogP contribution in [0.1, 0.15) is 44.6 Å². The number of nitrogens with zero attached hydrogens (tertiary/aromatic N) is 2. The minimum Gasteiger partial charge on any atom is -0.409 e. The maximum absolute atomic E-state index is 13.4. The quantitative estimate of drug-likeness (QED) is 0.385. The summed E-state index contributed by atoms with van der Waals surface area (Å²) in [6.45, 7) is 3.10. The number of halogens is 1. The van der Waals surface area contributed by atoms with E-state index in [1.165, 1.54) is 18.6 Å². The Labute approximate surface area is 119 Å². The van der Waals surface area contributed by atoms with E-state index >= 15 is 0 Å². The molecule has 1 aliphatic rings. The highest BCUT2D eigenvalue weighted by molar-refractivity contribution is 6.02. The number of nitrogens with two attached hydrogens (primary N) is 1. The van der Waals surface area contributed by atoms with Crippen LogP contribution in [0.5, 0.6) is 0 Å². The molecule has 0 radical (unpaired) electrons. The molecule has 3 N–H and O–H groups in total. The molecule has 1 aliphatic heterocycles. The van der Waals surface area contributed by atoms with Crippen LogP contribution in [0.25, 0.3) is 0 Å². The zero-order chi connectivity index (χ0) is 14.5. The minimum absolute atomic E-state index is 0.0414. The lowest BCUT2D eigenvalue weighted by Crippen LogP contribution is -2.40. The Hall–Kier alpha value is -1.78. The number of hydrogen-bond donors (Lipinski definition) is 2. The van der Waals surface area contributed by atoms with Crippen LogP contribution < -0.4 is 10.6 Å². The van der Waals surface area contributed by atoms with Gasteiger partial charge in [-0.1, -0.05) is 18.5 Å². The summed E-state index contributed by atoms with van der Waals surface area (Å²) < 4.78 is 13.4. The predicted octanol–water partition coefficient (Wildman–Crippen LogP) is 3.08. The minimum atomic E-state index is -0.376. The molecule has 1 aromatic rings. The van der Waals surface area contributed by atoms with E-state index in [-0.39, 0.29) is 11.7 Å². The van der Waals surface area contributed by atoms with Gasteiger partial charge < -0.3 is 15.8 Å². The first-order valence-electron chi connectivity index (χ1n) is 7.21. The molecule has 110 valence electrons. The molecule has 1 heterocycles. The average Bonchev–Trinajstić information content (AvgIpc) is 2.47. The summed E-state index contributed by atoms with van der Waals surface area (Å²) >= 11 is 0. The maximum atomic E-state index is 13.4. The van der Waals surface area contributed by atoms with E-state index in [4.69, 9.17) is 10.9 Å². The van der Waals surface area contributed by atoms with Crippen molar-refractivity contribution in [3.05, 3.63) is 29.6 Å². The van der Waals surface area contributed by atoms with Crippen LogP contribution in [0.2, 0.25) is 0 Å². The van der Waals surface area contributed by atoms with Gasteiger partial charge in [0.15, 0.2) is 5.84 Å². The van der Waals surface area contributed by atoms with Gasteiger partial charge >= 0.3 is 0 Å². The predicted molar refractivity (Wildman–Crippen MR) is 78.8 cm³/mol. The second-order valence-electron chi connectivity index (χ2n) is 5.28. The molecular formula is C15H22FN3O. The molecule has 0 saturated carbocycles. The Morgan fingerprint density at radius 3 is 3.00 bits per heavy atom. The molecule has 0 spiro atoms. The van der Waals surface area contributed by atoms with E-state index in [9.17, 15) is 4.39 Å².